The summed E-state index contributed by atoms with van der Waals surface area (Å²) in [5.41, 5.74) is 1.21. The van der Waals surface area contributed by atoms with Gasteiger partial charge in [-0.25, -0.2) is 9.48 Å². The van der Waals surface area contributed by atoms with Crippen LogP contribution < -0.4 is 10.6 Å². The molecule has 0 aromatic carbocycles. The third-order valence-electron chi connectivity index (χ3n) is 5.09. The molecule has 1 saturated carbocycles. The topological polar surface area (TPSA) is 62.2 Å². The Morgan fingerprint density at radius 2 is 2.17 bits per heavy atom. The molecule has 2 heterocycles. The molecule has 1 atom stereocenters. The molecule has 1 unspecified atom stereocenters. The Labute approximate surface area is 144 Å². The Hall–Kier alpha value is -1.82. The maximum Gasteiger partial charge on any atom is 0.315 e. The molecular formula is C18H29N5O. The minimum atomic E-state index is 0.00582. The molecule has 24 heavy (non-hydrogen) atoms. The van der Waals surface area contributed by atoms with Crippen molar-refractivity contribution in [3.05, 3.63) is 24.5 Å². The van der Waals surface area contributed by atoms with Crippen LogP contribution in [0.5, 0.6) is 0 Å². The smallest absolute Gasteiger partial charge is 0.315 e. The van der Waals surface area contributed by atoms with E-state index in [0.29, 0.717) is 12.0 Å². The van der Waals surface area contributed by atoms with Gasteiger partial charge in [-0.05, 0) is 38.1 Å². The second-order valence-corrected chi connectivity index (χ2v) is 7.09. The highest BCUT2D eigenvalue weighted by Crippen LogP contribution is 2.19. The number of carbonyl (C=O) groups is 1. The Bertz CT molecular complexity index is 549. The maximum absolute atomic E-state index is 12.0. The first-order valence-corrected chi connectivity index (χ1v) is 9.15. The van der Waals surface area contributed by atoms with Crippen LogP contribution in [-0.4, -0.2) is 46.4 Å². The summed E-state index contributed by atoms with van der Waals surface area (Å²) in [7, 11) is 0. The molecule has 1 aliphatic heterocycles. The van der Waals surface area contributed by atoms with E-state index in [9.17, 15) is 4.79 Å². The van der Waals surface area contributed by atoms with Crippen LogP contribution in [0.25, 0.3) is 6.20 Å². The summed E-state index contributed by atoms with van der Waals surface area (Å²) in [6.45, 7) is 7.55. The number of amides is 2. The summed E-state index contributed by atoms with van der Waals surface area (Å²) in [4.78, 5) is 14.4. The Balaban J connectivity index is 1.39. The first-order chi connectivity index (χ1) is 11.7. The zero-order valence-electron chi connectivity index (χ0n) is 14.4. The standard InChI is InChI=1S/C18H29N5O/c1-2-23-14-16(11-20-23)13-22-9-5-6-15(12-22)10-19-18(24)21-17-7-3-4-8-17/h2,11,14-15,17H,1,3-10,12-13H2,(H2,19,21,24). The fourth-order valence-corrected chi connectivity index (χ4v) is 3.82. The summed E-state index contributed by atoms with van der Waals surface area (Å²) < 4.78 is 1.74. The number of nitrogens with one attached hydrogen (secondary N) is 2. The van der Waals surface area contributed by atoms with Crippen LogP contribution in [0.4, 0.5) is 4.79 Å². The molecule has 1 aromatic rings. The van der Waals surface area contributed by atoms with E-state index in [4.69, 9.17) is 0 Å². The van der Waals surface area contributed by atoms with Crippen molar-refractivity contribution in [1.82, 2.24) is 25.3 Å². The van der Waals surface area contributed by atoms with Gasteiger partial charge in [0, 0.05) is 43.6 Å². The van der Waals surface area contributed by atoms with Crippen LogP contribution in [0.1, 0.15) is 44.1 Å². The Kier molecular flexibility index (Phi) is 5.91. The van der Waals surface area contributed by atoms with E-state index in [-0.39, 0.29) is 6.03 Å². The predicted molar refractivity (Wildman–Crippen MR) is 95.4 cm³/mol. The molecule has 0 radical (unpaired) electrons. The van der Waals surface area contributed by atoms with Crippen molar-refractivity contribution >= 4 is 12.2 Å². The molecule has 1 aromatic heterocycles. The fourth-order valence-electron chi connectivity index (χ4n) is 3.82. The quantitative estimate of drug-likeness (QED) is 0.841. The van der Waals surface area contributed by atoms with Crippen LogP contribution in [0.3, 0.4) is 0 Å². The van der Waals surface area contributed by atoms with Crippen LogP contribution in [0.2, 0.25) is 0 Å². The highest BCUT2D eigenvalue weighted by atomic mass is 16.2. The summed E-state index contributed by atoms with van der Waals surface area (Å²) >= 11 is 0. The summed E-state index contributed by atoms with van der Waals surface area (Å²) in [5, 5.41) is 10.4. The Morgan fingerprint density at radius 3 is 2.92 bits per heavy atom. The molecule has 2 aliphatic rings. The van der Waals surface area contributed by atoms with Gasteiger partial charge in [0.1, 0.15) is 0 Å². The lowest BCUT2D eigenvalue weighted by Gasteiger charge is -2.32. The molecule has 6 nitrogen and oxygen atoms in total. The van der Waals surface area contributed by atoms with Gasteiger partial charge in [-0.3, -0.25) is 4.90 Å². The van der Waals surface area contributed by atoms with E-state index >= 15 is 0 Å². The third kappa shape index (κ3) is 4.84. The van der Waals surface area contributed by atoms with E-state index in [0.717, 1.165) is 39.0 Å². The number of carbonyl (C=O) groups excluding carboxylic acids is 1. The Morgan fingerprint density at radius 1 is 1.33 bits per heavy atom. The summed E-state index contributed by atoms with van der Waals surface area (Å²) in [6.07, 6.45) is 12.7. The van der Waals surface area contributed by atoms with Crippen molar-refractivity contribution in [2.45, 2.75) is 51.1 Å². The van der Waals surface area contributed by atoms with Gasteiger partial charge in [0.15, 0.2) is 0 Å². The molecule has 3 rings (SSSR count). The molecular weight excluding hydrogens is 302 g/mol. The van der Waals surface area contributed by atoms with Crippen molar-refractivity contribution in [2.24, 2.45) is 5.92 Å². The van der Waals surface area contributed by atoms with Crippen molar-refractivity contribution in [3.63, 3.8) is 0 Å². The number of nitrogens with zero attached hydrogens (tertiary/aromatic N) is 3. The number of rotatable bonds is 6. The SMILES string of the molecule is C=Cn1cc(CN2CCCC(CNC(=O)NC3CCCC3)C2)cn1. The molecule has 0 spiro atoms. The molecule has 6 heteroatoms. The monoisotopic (exact) mass is 331 g/mol. The number of likely N-dealkylation sites (tertiary alicyclic amines) is 1. The van der Waals surface area contributed by atoms with Gasteiger partial charge >= 0.3 is 6.03 Å². The molecule has 2 amide bonds. The lowest BCUT2D eigenvalue weighted by Crippen LogP contribution is -2.45. The molecule has 1 aliphatic carbocycles. The lowest BCUT2D eigenvalue weighted by molar-refractivity contribution is 0.165. The first kappa shape index (κ1) is 17.0. The van der Waals surface area contributed by atoms with Crippen LogP contribution in [0, 0.1) is 5.92 Å². The number of piperidine rings is 1. The average molecular weight is 331 g/mol. The summed E-state index contributed by atoms with van der Waals surface area (Å²) in [5.74, 6) is 0.530. The first-order valence-electron chi connectivity index (χ1n) is 9.15. The lowest BCUT2D eigenvalue weighted by atomic mass is 9.98. The van der Waals surface area contributed by atoms with Crippen molar-refractivity contribution in [3.8, 4) is 0 Å². The summed E-state index contributed by atoms with van der Waals surface area (Å²) in [6, 6.07) is 0.389. The molecule has 2 N–H and O–H groups in total. The zero-order valence-corrected chi connectivity index (χ0v) is 14.4. The van der Waals surface area contributed by atoms with E-state index < -0.39 is 0 Å². The normalized spacial score (nSPS) is 22.4. The number of hydrogen-bond donors (Lipinski definition) is 2. The van der Waals surface area contributed by atoms with E-state index in [1.807, 2.05) is 12.4 Å². The number of hydrogen-bond acceptors (Lipinski definition) is 3. The minimum absolute atomic E-state index is 0.00582. The largest absolute Gasteiger partial charge is 0.338 e. The van der Waals surface area contributed by atoms with Gasteiger partial charge in [-0.1, -0.05) is 19.4 Å². The zero-order chi connectivity index (χ0) is 16.8. The second-order valence-electron chi connectivity index (χ2n) is 7.09. The molecule has 1 saturated heterocycles. The van der Waals surface area contributed by atoms with Crippen molar-refractivity contribution < 1.29 is 4.79 Å². The van der Waals surface area contributed by atoms with Gasteiger partial charge in [0.05, 0.1) is 6.20 Å². The van der Waals surface area contributed by atoms with Crippen molar-refractivity contribution in [1.29, 1.82) is 0 Å². The van der Waals surface area contributed by atoms with Crippen LogP contribution in [-0.2, 0) is 6.54 Å². The van der Waals surface area contributed by atoms with Gasteiger partial charge in [-0.2, -0.15) is 5.10 Å². The highest BCUT2D eigenvalue weighted by molar-refractivity contribution is 5.74. The average Bonchev–Trinajstić information content (AvgIpc) is 3.25. The molecule has 2 fully saturated rings. The van der Waals surface area contributed by atoms with Gasteiger partial charge in [0.2, 0.25) is 0 Å². The number of aromatic nitrogens is 2. The molecule has 0 bridgehead atoms. The van der Waals surface area contributed by atoms with Crippen LogP contribution in [0.15, 0.2) is 19.0 Å². The fraction of sp³-hybridized carbons (Fsp3) is 0.667. The van der Waals surface area contributed by atoms with E-state index in [1.165, 1.54) is 31.2 Å². The van der Waals surface area contributed by atoms with E-state index in [1.54, 1.807) is 10.9 Å². The van der Waals surface area contributed by atoms with Crippen molar-refractivity contribution in [2.75, 3.05) is 19.6 Å². The highest BCUT2D eigenvalue weighted by Gasteiger charge is 2.22. The van der Waals surface area contributed by atoms with Gasteiger partial charge in [0.25, 0.3) is 0 Å². The van der Waals surface area contributed by atoms with E-state index in [2.05, 4.69) is 27.2 Å². The maximum atomic E-state index is 12.0. The molecule has 132 valence electrons. The second kappa shape index (κ2) is 8.33. The van der Waals surface area contributed by atoms with Gasteiger partial charge in [-0.15, -0.1) is 0 Å². The van der Waals surface area contributed by atoms with Gasteiger partial charge < -0.3 is 10.6 Å². The third-order valence-corrected chi connectivity index (χ3v) is 5.09. The predicted octanol–water partition coefficient (Wildman–Crippen LogP) is 2.44. The minimum Gasteiger partial charge on any atom is -0.338 e. The van der Waals surface area contributed by atoms with Crippen LogP contribution >= 0.6 is 0 Å². The number of urea groups is 1.